The van der Waals surface area contributed by atoms with Gasteiger partial charge in [0.05, 0.1) is 0 Å². The van der Waals surface area contributed by atoms with Crippen molar-refractivity contribution in [2.24, 2.45) is 23.7 Å². The second-order valence-electron chi connectivity index (χ2n) is 10.7. The van der Waals surface area contributed by atoms with E-state index in [1.165, 1.54) is 59.7 Å². The van der Waals surface area contributed by atoms with E-state index in [-0.39, 0.29) is 26.5 Å². The Morgan fingerprint density at radius 3 is 2.16 bits per heavy atom. The summed E-state index contributed by atoms with van der Waals surface area (Å²) in [6.07, 6.45) is 9.21. The van der Waals surface area contributed by atoms with Crippen molar-refractivity contribution in [1.82, 2.24) is 4.98 Å². The van der Waals surface area contributed by atoms with Crippen LogP contribution in [0, 0.1) is 23.7 Å². The Morgan fingerprint density at radius 2 is 1.34 bits per heavy atom. The van der Waals surface area contributed by atoms with Crippen molar-refractivity contribution in [3.05, 3.63) is 84.1 Å². The summed E-state index contributed by atoms with van der Waals surface area (Å²) < 4.78 is 0. The number of benzene rings is 3. The van der Waals surface area contributed by atoms with Crippen molar-refractivity contribution in [3.63, 3.8) is 0 Å². The Morgan fingerprint density at radius 1 is 0.656 bits per heavy atom. The number of rotatable bonds is 1. The van der Waals surface area contributed by atoms with E-state index in [4.69, 9.17) is 0 Å². The molecule has 1 nitrogen and oxygen atoms in total. The number of nitrogens with zero attached hydrogens (tertiary/aromatic N) is 1. The minimum atomic E-state index is 0. The summed E-state index contributed by atoms with van der Waals surface area (Å²) in [4.78, 5) is 4.44. The zero-order valence-corrected chi connectivity index (χ0v) is 21.1. The zero-order chi connectivity index (χ0) is 20.2. The standard InChI is InChI=1S/C30H26N.W/c1-2-4-27-25(3-1)26-17-21(20-6-8-29-22(16-20)9-10-31-29)5-7-28(26)30(27)23-12-18-11-19(14-23)15-24(30)13-18;/h1-10,16-19,23-24H,11-15H2;/q-1;. The predicted molar refractivity (Wildman–Crippen MR) is 126 cm³/mol. The predicted octanol–water partition coefficient (Wildman–Crippen LogP) is 7.18. The van der Waals surface area contributed by atoms with Crippen LogP contribution in [0.3, 0.4) is 0 Å². The van der Waals surface area contributed by atoms with E-state index in [0.29, 0.717) is 0 Å². The van der Waals surface area contributed by atoms with Crippen LogP contribution in [0.1, 0.15) is 43.2 Å². The molecule has 4 bridgehead atoms. The average Bonchev–Trinajstić information content (AvgIpc) is 3.38. The van der Waals surface area contributed by atoms with E-state index in [1.807, 2.05) is 6.20 Å². The van der Waals surface area contributed by atoms with Gasteiger partial charge in [-0.1, -0.05) is 54.6 Å². The van der Waals surface area contributed by atoms with E-state index >= 15 is 0 Å². The first-order valence-corrected chi connectivity index (χ1v) is 12.1. The molecule has 0 N–H and O–H groups in total. The van der Waals surface area contributed by atoms with Crippen LogP contribution >= 0.6 is 0 Å². The van der Waals surface area contributed by atoms with Crippen molar-refractivity contribution >= 4 is 10.9 Å². The van der Waals surface area contributed by atoms with Gasteiger partial charge in [0.1, 0.15) is 0 Å². The molecule has 0 radical (unpaired) electrons. The molecule has 5 aliphatic rings. The molecule has 0 atom stereocenters. The molecular weight excluding hydrogens is 558 g/mol. The van der Waals surface area contributed by atoms with Crippen LogP contribution in [0.4, 0.5) is 0 Å². The van der Waals surface area contributed by atoms with Crippen molar-refractivity contribution in [2.75, 3.05) is 0 Å². The molecule has 2 heteroatoms. The molecule has 0 unspecified atom stereocenters. The summed E-state index contributed by atoms with van der Waals surface area (Å²) in [7, 11) is 0. The van der Waals surface area contributed by atoms with Crippen LogP contribution in [0.2, 0.25) is 0 Å². The quantitative estimate of drug-likeness (QED) is 0.231. The number of aromatic nitrogens is 1. The van der Waals surface area contributed by atoms with E-state index in [1.54, 1.807) is 11.1 Å². The molecule has 0 aliphatic heterocycles. The SMILES string of the molecule is [W].c1ccc2c(c1)-c1cc(-c3ccc4[n-]ccc4c3)ccc1C21C2CC3CC(C2)CC1C3. The Bertz CT molecular complexity index is 1330. The molecular formula is C30H26NW-. The third kappa shape index (κ3) is 2.34. The van der Waals surface area contributed by atoms with Crippen molar-refractivity contribution in [2.45, 2.75) is 37.5 Å². The Balaban J connectivity index is 0.00000180. The Kier molecular flexibility index (Phi) is 4.06. The van der Waals surface area contributed by atoms with Crippen molar-refractivity contribution in [3.8, 4) is 22.3 Å². The third-order valence-electron chi connectivity index (χ3n) is 9.38. The van der Waals surface area contributed by atoms with Gasteiger partial charge in [0.15, 0.2) is 0 Å². The second kappa shape index (κ2) is 6.70. The molecule has 32 heavy (non-hydrogen) atoms. The minimum Gasteiger partial charge on any atom is -0.664 e. The van der Waals surface area contributed by atoms with Crippen LogP contribution < -0.4 is 4.98 Å². The van der Waals surface area contributed by atoms with Gasteiger partial charge in [-0.3, -0.25) is 0 Å². The van der Waals surface area contributed by atoms with E-state index in [9.17, 15) is 0 Å². The van der Waals surface area contributed by atoms with Gasteiger partial charge in [-0.2, -0.15) is 6.20 Å². The monoisotopic (exact) mass is 584 g/mol. The van der Waals surface area contributed by atoms with Gasteiger partial charge in [0.25, 0.3) is 0 Å². The average molecular weight is 584 g/mol. The van der Waals surface area contributed by atoms with Crippen molar-refractivity contribution < 1.29 is 21.1 Å². The van der Waals surface area contributed by atoms with Gasteiger partial charge in [0, 0.05) is 26.5 Å². The van der Waals surface area contributed by atoms with E-state index < -0.39 is 0 Å². The fourth-order valence-electron chi connectivity index (χ4n) is 8.52. The van der Waals surface area contributed by atoms with Gasteiger partial charge in [0.2, 0.25) is 0 Å². The molecule has 9 rings (SSSR count). The normalized spacial score (nSPS) is 31.0. The molecule has 5 aliphatic carbocycles. The number of hydrogen-bond donors (Lipinski definition) is 0. The smallest absolute Gasteiger partial charge is 0.0271 e. The summed E-state index contributed by atoms with van der Waals surface area (Å²) in [5.74, 6) is 3.66. The maximum atomic E-state index is 4.44. The van der Waals surface area contributed by atoms with Crippen LogP contribution in [0.25, 0.3) is 33.2 Å². The molecule has 3 aromatic carbocycles. The van der Waals surface area contributed by atoms with Crippen LogP contribution in [0.5, 0.6) is 0 Å². The van der Waals surface area contributed by atoms with Gasteiger partial charge in [-0.05, 0) is 107 Å². The molecule has 158 valence electrons. The summed E-state index contributed by atoms with van der Waals surface area (Å²) in [6, 6.07) is 25.6. The zero-order valence-electron chi connectivity index (χ0n) is 18.1. The first kappa shape index (κ1) is 19.4. The third-order valence-corrected chi connectivity index (χ3v) is 9.38. The largest absolute Gasteiger partial charge is 0.664 e. The molecule has 4 fully saturated rings. The van der Waals surface area contributed by atoms with Crippen LogP contribution in [0.15, 0.2) is 72.9 Å². The first-order chi connectivity index (χ1) is 15.3. The molecule has 0 saturated heterocycles. The summed E-state index contributed by atoms with van der Waals surface area (Å²) in [6.45, 7) is 0. The van der Waals surface area contributed by atoms with Gasteiger partial charge in [-0.25, -0.2) is 0 Å². The second-order valence-corrected chi connectivity index (χ2v) is 10.7. The molecule has 1 spiro atoms. The van der Waals surface area contributed by atoms with E-state index in [0.717, 1.165) is 29.2 Å². The van der Waals surface area contributed by atoms with Crippen LogP contribution in [-0.2, 0) is 26.5 Å². The number of fused-ring (bicyclic) bond motifs is 4. The topological polar surface area (TPSA) is 14.1 Å². The van der Waals surface area contributed by atoms with Gasteiger partial charge >= 0.3 is 0 Å². The molecule has 0 amide bonds. The van der Waals surface area contributed by atoms with Gasteiger partial charge in [-0.15, -0.1) is 5.52 Å². The number of hydrogen-bond acceptors (Lipinski definition) is 0. The molecule has 4 saturated carbocycles. The molecule has 1 aromatic heterocycles. The summed E-state index contributed by atoms with van der Waals surface area (Å²) in [5, 5.41) is 1.23. The fourth-order valence-corrected chi connectivity index (χ4v) is 8.52. The van der Waals surface area contributed by atoms with E-state index in [2.05, 4.69) is 71.7 Å². The minimum absolute atomic E-state index is 0. The maximum absolute atomic E-state index is 4.44. The Hall–Kier alpha value is -2.11. The van der Waals surface area contributed by atoms with Crippen LogP contribution in [-0.4, -0.2) is 0 Å². The van der Waals surface area contributed by atoms with Gasteiger partial charge < -0.3 is 4.98 Å². The summed E-state index contributed by atoms with van der Waals surface area (Å²) >= 11 is 0. The fraction of sp³-hybridized carbons (Fsp3) is 0.333. The summed E-state index contributed by atoms with van der Waals surface area (Å²) in [5.41, 5.74) is 10.3. The Labute approximate surface area is 203 Å². The molecule has 4 aromatic rings. The molecule has 1 heterocycles. The maximum Gasteiger partial charge on any atom is 0.0271 e. The first-order valence-electron chi connectivity index (χ1n) is 12.1. The van der Waals surface area contributed by atoms with Crippen molar-refractivity contribution in [1.29, 1.82) is 0 Å².